The van der Waals surface area contributed by atoms with Crippen molar-refractivity contribution >= 4 is 5.91 Å². The molecule has 26 heavy (non-hydrogen) atoms. The number of benzene rings is 2. The minimum absolute atomic E-state index is 0.0602. The van der Waals surface area contributed by atoms with Crippen LogP contribution in [-0.4, -0.2) is 15.5 Å². The molecule has 1 amide bonds. The molecular formula is C19H16F3N3O. The second-order valence-electron chi connectivity index (χ2n) is 5.79. The maximum atomic E-state index is 12.9. The molecule has 0 bridgehead atoms. The number of hydrogen-bond donors (Lipinski definition) is 1. The first-order valence-electron chi connectivity index (χ1n) is 7.86. The van der Waals surface area contributed by atoms with Crippen molar-refractivity contribution in [1.29, 1.82) is 0 Å². The van der Waals surface area contributed by atoms with Gasteiger partial charge in [-0.3, -0.25) is 4.79 Å². The van der Waals surface area contributed by atoms with Crippen LogP contribution in [0.1, 0.15) is 33.4 Å². The highest BCUT2D eigenvalue weighted by atomic mass is 19.4. The third kappa shape index (κ3) is 3.77. The minimum atomic E-state index is -4.51. The minimum Gasteiger partial charge on any atom is -0.338 e. The summed E-state index contributed by atoms with van der Waals surface area (Å²) in [4.78, 5) is 16.9. The van der Waals surface area contributed by atoms with Crippen molar-refractivity contribution in [2.24, 2.45) is 7.05 Å². The number of nitrogens with one attached hydrogen (secondary N) is 1. The molecule has 0 unspecified atom stereocenters. The van der Waals surface area contributed by atoms with Crippen LogP contribution in [0, 0.1) is 0 Å². The van der Waals surface area contributed by atoms with Gasteiger partial charge in [-0.2, -0.15) is 13.2 Å². The summed E-state index contributed by atoms with van der Waals surface area (Å²) in [6.45, 7) is 0. The molecule has 0 radical (unpaired) electrons. The summed E-state index contributed by atoms with van der Waals surface area (Å²) in [6, 6.07) is 12.9. The molecule has 1 heterocycles. The second kappa shape index (κ2) is 7.03. The Bertz CT molecular complexity index is 904. The van der Waals surface area contributed by atoms with Crippen LogP contribution >= 0.6 is 0 Å². The molecule has 4 nitrogen and oxygen atoms in total. The molecule has 0 aliphatic heterocycles. The molecule has 0 saturated heterocycles. The van der Waals surface area contributed by atoms with Crippen LogP contribution < -0.4 is 5.32 Å². The molecule has 0 fully saturated rings. The fraction of sp³-hybridized carbons (Fsp3) is 0.158. The number of nitrogens with zero attached hydrogens (tertiary/aromatic N) is 2. The normalized spacial score (nSPS) is 12.6. The van der Waals surface area contributed by atoms with E-state index in [0.717, 1.165) is 17.7 Å². The fourth-order valence-electron chi connectivity index (χ4n) is 2.65. The zero-order valence-electron chi connectivity index (χ0n) is 13.9. The predicted octanol–water partition coefficient (Wildman–Crippen LogP) is 3.96. The van der Waals surface area contributed by atoms with Crippen molar-refractivity contribution < 1.29 is 18.0 Å². The Hall–Kier alpha value is -3.09. The van der Waals surface area contributed by atoms with Gasteiger partial charge in [0.2, 0.25) is 0 Å². The summed E-state index contributed by atoms with van der Waals surface area (Å²) < 4.78 is 40.4. The van der Waals surface area contributed by atoms with Crippen LogP contribution in [0.3, 0.4) is 0 Å². The number of aromatic nitrogens is 2. The van der Waals surface area contributed by atoms with Gasteiger partial charge in [0.25, 0.3) is 5.91 Å². The number of hydrogen-bond acceptors (Lipinski definition) is 2. The average Bonchev–Trinajstić information content (AvgIpc) is 3.05. The Morgan fingerprint density at radius 3 is 2.46 bits per heavy atom. The van der Waals surface area contributed by atoms with E-state index in [1.165, 1.54) is 12.1 Å². The lowest BCUT2D eigenvalue weighted by atomic mass is 10.0. The third-order valence-corrected chi connectivity index (χ3v) is 3.98. The molecule has 1 N–H and O–H groups in total. The van der Waals surface area contributed by atoms with Crippen LogP contribution in [0.25, 0.3) is 0 Å². The van der Waals surface area contributed by atoms with E-state index in [0.29, 0.717) is 5.82 Å². The second-order valence-corrected chi connectivity index (χ2v) is 5.79. The molecule has 3 aromatic rings. The van der Waals surface area contributed by atoms with Crippen LogP contribution in [0.5, 0.6) is 0 Å². The molecule has 0 aliphatic rings. The summed E-state index contributed by atoms with van der Waals surface area (Å²) in [5.74, 6) is -0.0236. The van der Waals surface area contributed by atoms with Crippen molar-refractivity contribution in [2.75, 3.05) is 0 Å². The van der Waals surface area contributed by atoms with Crippen molar-refractivity contribution in [2.45, 2.75) is 12.2 Å². The van der Waals surface area contributed by atoms with Gasteiger partial charge < -0.3 is 9.88 Å². The molecule has 0 spiro atoms. The number of imidazole rings is 1. The predicted molar refractivity (Wildman–Crippen MR) is 90.4 cm³/mol. The third-order valence-electron chi connectivity index (χ3n) is 3.98. The van der Waals surface area contributed by atoms with Crippen LogP contribution in [0.4, 0.5) is 13.2 Å². The zero-order chi connectivity index (χ0) is 18.7. The largest absolute Gasteiger partial charge is 0.416 e. The van der Waals surface area contributed by atoms with Gasteiger partial charge in [0.15, 0.2) is 0 Å². The van der Waals surface area contributed by atoms with Crippen molar-refractivity contribution in [3.8, 4) is 0 Å². The lowest BCUT2D eigenvalue weighted by Crippen LogP contribution is -2.31. The number of alkyl halides is 3. The Morgan fingerprint density at radius 1 is 1.12 bits per heavy atom. The monoisotopic (exact) mass is 359 g/mol. The molecule has 2 aromatic carbocycles. The fourth-order valence-corrected chi connectivity index (χ4v) is 2.65. The number of carbonyl (C=O) groups is 1. The van der Waals surface area contributed by atoms with E-state index < -0.39 is 23.7 Å². The van der Waals surface area contributed by atoms with E-state index in [9.17, 15) is 18.0 Å². The molecular weight excluding hydrogens is 343 g/mol. The SMILES string of the molecule is Cn1ccnc1[C@H](NC(=O)c1cccc(C(F)(F)F)c1)c1ccccc1. The van der Waals surface area contributed by atoms with Gasteiger partial charge in [0.05, 0.1) is 5.56 Å². The van der Waals surface area contributed by atoms with Gasteiger partial charge in [-0.05, 0) is 23.8 Å². The van der Waals surface area contributed by atoms with Gasteiger partial charge in [-0.25, -0.2) is 4.98 Å². The van der Waals surface area contributed by atoms with E-state index in [-0.39, 0.29) is 5.56 Å². The highest BCUT2D eigenvalue weighted by Gasteiger charge is 2.31. The van der Waals surface area contributed by atoms with Gasteiger partial charge >= 0.3 is 6.18 Å². The topological polar surface area (TPSA) is 46.9 Å². The Balaban J connectivity index is 1.93. The number of amides is 1. The highest BCUT2D eigenvalue weighted by molar-refractivity contribution is 5.94. The standard InChI is InChI=1S/C19H16F3N3O/c1-25-11-10-23-17(25)16(13-6-3-2-4-7-13)24-18(26)14-8-5-9-15(12-14)19(20,21)22/h2-12,16H,1H3,(H,24,26)/t16-/m1/s1. The van der Waals surface area contributed by atoms with E-state index in [1.807, 2.05) is 30.3 Å². The maximum Gasteiger partial charge on any atom is 0.416 e. The molecule has 134 valence electrons. The Morgan fingerprint density at radius 2 is 1.85 bits per heavy atom. The van der Waals surface area contributed by atoms with Crippen LogP contribution in [-0.2, 0) is 13.2 Å². The first-order valence-corrected chi connectivity index (χ1v) is 7.86. The Labute approximate surface area is 148 Å². The van der Waals surface area contributed by atoms with Gasteiger partial charge in [-0.15, -0.1) is 0 Å². The molecule has 3 rings (SSSR count). The van der Waals surface area contributed by atoms with E-state index in [2.05, 4.69) is 10.3 Å². The first kappa shape index (κ1) is 17.7. The zero-order valence-corrected chi connectivity index (χ0v) is 13.9. The molecule has 0 saturated carbocycles. The number of carbonyl (C=O) groups excluding carboxylic acids is 1. The van der Waals surface area contributed by atoms with E-state index in [1.54, 1.807) is 24.0 Å². The van der Waals surface area contributed by atoms with Crippen molar-refractivity contribution in [1.82, 2.24) is 14.9 Å². The van der Waals surface area contributed by atoms with Gasteiger partial charge in [0.1, 0.15) is 11.9 Å². The van der Waals surface area contributed by atoms with E-state index in [4.69, 9.17) is 0 Å². The number of rotatable bonds is 4. The summed E-state index contributed by atoms with van der Waals surface area (Å²) in [7, 11) is 1.79. The smallest absolute Gasteiger partial charge is 0.338 e. The Kier molecular flexibility index (Phi) is 4.79. The summed E-state index contributed by atoms with van der Waals surface area (Å²) in [6.07, 6.45) is -1.17. The summed E-state index contributed by atoms with van der Waals surface area (Å²) in [5, 5.41) is 2.78. The molecule has 1 atom stereocenters. The maximum absolute atomic E-state index is 12.9. The van der Waals surface area contributed by atoms with Crippen molar-refractivity contribution in [3.05, 3.63) is 89.5 Å². The molecule has 0 aliphatic carbocycles. The quantitative estimate of drug-likeness (QED) is 0.767. The first-order chi connectivity index (χ1) is 12.4. The number of halogens is 3. The van der Waals surface area contributed by atoms with Gasteiger partial charge in [0, 0.05) is 25.0 Å². The molecule has 1 aromatic heterocycles. The summed E-state index contributed by atoms with van der Waals surface area (Å²) >= 11 is 0. The lowest BCUT2D eigenvalue weighted by Gasteiger charge is -2.19. The van der Waals surface area contributed by atoms with Gasteiger partial charge in [-0.1, -0.05) is 36.4 Å². The van der Waals surface area contributed by atoms with Crippen molar-refractivity contribution in [3.63, 3.8) is 0 Å². The van der Waals surface area contributed by atoms with Crippen LogP contribution in [0.2, 0.25) is 0 Å². The highest BCUT2D eigenvalue weighted by Crippen LogP contribution is 2.30. The number of aryl methyl sites for hydroxylation is 1. The van der Waals surface area contributed by atoms with Crippen LogP contribution in [0.15, 0.2) is 67.0 Å². The molecule has 7 heteroatoms. The summed E-state index contributed by atoms with van der Waals surface area (Å²) in [5.41, 5.74) is -0.143. The average molecular weight is 359 g/mol. The lowest BCUT2D eigenvalue weighted by molar-refractivity contribution is -0.137. The van der Waals surface area contributed by atoms with E-state index >= 15 is 0 Å².